The first kappa shape index (κ1) is 22.2. The fraction of sp³-hybridized carbons (Fsp3) is 0.632. The van der Waals surface area contributed by atoms with Gasteiger partial charge in [0.05, 0.1) is 18.8 Å². The van der Waals surface area contributed by atoms with Crippen LogP contribution in [0, 0.1) is 0 Å². The quantitative estimate of drug-likeness (QED) is 0.389. The second kappa shape index (κ2) is 10.3. The van der Waals surface area contributed by atoms with Gasteiger partial charge in [-0.15, -0.1) is 24.0 Å². The van der Waals surface area contributed by atoms with Crippen LogP contribution in [0.4, 0.5) is 0 Å². The molecule has 1 fully saturated rings. The summed E-state index contributed by atoms with van der Waals surface area (Å²) in [6, 6.07) is 10.4. The van der Waals surface area contributed by atoms with E-state index in [4.69, 9.17) is 10.5 Å². The van der Waals surface area contributed by atoms with Gasteiger partial charge in [0.2, 0.25) is 0 Å². The monoisotopic (exact) mass is 460 g/mol. The molecule has 2 atom stereocenters. The molecule has 1 aromatic rings. The van der Waals surface area contributed by atoms with E-state index in [1.54, 1.807) is 0 Å². The summed E-state index contributed by atoms with van der Waals surface area (Å²) in [5, 5.41) is 3.21. The molecule has 1 heterocycles. The lowest BCUT2D eigenvalue weighted by Crippen LogP contribution is -2.56. The second-order valence-electron chi connectivity index (χ2n) is 7.34. The highest BCUT2D eigenvalue weighted by molar-refractivity contribution is 14.0. The fourth-order valence-electron chi connectivity index (χ4n) is 3.09. The normalized spacial score (nSPS) is 22.3. The van der Waals surface area contributed by atoms with Crippen molar-refractivity contribution in [2.24, 2.45) is 10.7 Å². The molecule has 3 N–H and O–H groups in total. The number of nitrogens with one attached hydrogen (secondary N) is 1. The second-order valence-corrected chi connectivity index (χ2v) is 7.34. The van der Waals surface area contributed by atoms with E-state index in [2.05, 4.69) is 67.2 Å². The Morgan fingerprint density at radius 2 is 1.84 bits per heavy atom. The van der Waals surface area contributed by atoms with Crippen molar-refractivity contribution in [3.63, 3.8) is 0 Å². The van der Waals surface area contributed by atoms with Crippen molar-refractivity contribution in [2.45, 2.75) is 51.9 Å². The minimum Gasteiger partial charge on any atom is -0.373 e. The maximum absolute atomic E-state index is 6.02. The van der Waals surface area contributed by atoms with E-state index in [1.165, 1.54) is 5.56 Å². The van der Waals surface area contributed by atoms with Crippen molar-refractivity contribution in [3.05, 3.63) is 35.9 Å². The van der Waals surface area contributed by atoms with Gasteiger partial charge in [0, 0.05) is 25.2 Å². The molecule has 142 valence electrons. The molecule has 0 aromatic heterocycles. The minimum absolute atomic E-state index is 0. The van der Waals surface area contributed by atoms with E-state index in [1.807, 2.05) is 6.07 Å². The maximum atomic E-state index is 6.02. The third-order valence-corrected chi connectivity index (χ3v) is 4.47. The molecule has 1 aliphatic rings. The summed E-state index contributed by atoms with van der Waals surface area (Å²) in [6.45, 7) is 12.0. The molecular formula is C19H33IN4O. The zero-order valence-electron chi connectivity index (χ0n) is 15.9. The van der Waals surface area contributed by atoms with Crippen molar-refractivity contribution >= 4 is 29.9 Å². The number of nitrogens with two attached hydrogens (primary N) is 1. The Balaban J connectivity index is 0.00000312. The maximum Gasteiger partial charge on any atom is 0.188 e. The Bertz CT molecular complexity index is 525. The predicted molar refractivity (Wildman–Crippen MR) is 116 cm³/mol. The number of hydrogen-bond acceptors (Lipinski definition) is 3. The predicted octanol–water partition coefficient (Wildman–Crippen LogP) is 2.64. The average Bonchev–Trinajstić information content (AvgIpc) is 2.53. The first-order chi connectivity index (χ1) is 11.4. The molecule has 0 spiro atoms. The van der Waals surface area contributed by atoms with Gasteiger partial charge in [-0.25, -0.2) is 0 Å². The molecule has 0 aliphatic carbocycles. The molecule has 1 aromatic carbocycles. The molecule has 2 rings (SSSR count). The topological polar surface area (TPSA) is 62.9 Å². The van der Waals surface area contributed by atoms with E-state index >= 15 is 0 Å². The summed E-state index contributed by atoms with van der Waals surface area (Å²) < 4.78 is 5.82. The molecule has 1 aliphatic heterocycles. The summed E-state index contributed by atoms with van der Waals surface area (Å²) >= 11 is 0. The first-order valence-electron chi connectivity index (χ1n) is 8.85. The fourth-order valence-corrected chi connectivity index (χ4v) is 3.09. The number of morpholine rings is 1. The van der Waals surface area contributed by atoms with Crippen LogP contribution in [0.5, 0.6) is 0 Å². The Hall–Kier alpha value is -0.860. The number of guanidine groups is 1. The van der Waals surface area contributed by atoms with Gasteiger partial charge in [-0.3, -0.25) is 9.89 Å². The standard InChI is InChI=1S/C19H32N4O.HI/c1-15-12-23(13-16(2)24-15)19(3,4)14-22-18(20)21-11-10-17-8-6-5-7-9-17;/h5-9,15-16H,10-14H2,1-4H3,(H3,20,21,22);1H. The number of nitrogens with zero attached hydrogens (tertiary/aromatic N) is 2. The number of rotatable bonds is 6. The Labute approximate surface area is 169 Å². The minimum atomic E-state index is -0.0297. The molecule has 0 bridgehead atoms. The summed E-state index contributed by atoms with van der Waals surface area (Å²) in [5.41, 5.74) is 7.30. The van der Waals surface area contributed by atoms with E-state index in [-0.39, 0.29) is 41.7 Å². The summed E-state index contributed by atoms with van der Waals surface area (Å²) in [7, 11) is 0. The van der Waals surface area contributed by atoms with Crippen molar-refractivity contribution < 1.29 is 4.74 Å². The van der Waals surface area contributed by atoms with E-state index in [0.717, 1.165) is 26.1 Å². The van der Waals surface area contributed by atoms with Gasteiger partial charge >= 0.3 is 0 Å². The van der Waals surface area contributed by atoms with Crippen molar-refractivity contribution in [1.82, 2.24) is 10.2 Å². The summed E-state index contributed by atoms with van der Waals surface area (Å²) in [5.74, 6) is 0.522. The van der Waals surface area contributed by atoms with E-state index < -0.39 is 0 Å². The van der Waals surface area contributed by atoms with Crippen LogP contribution in [-0.2, 0) is 11.2 Å². The lowest BCUT2D eigenvalue weighted by atomic mass is 10.0. The molecule has 5 nitrogen and oxygen atoms in total. The molecule has 0 saturated carbocycles. The molecule has 0 amide bonds. The highest BCUT2D eigenvalue weighted by Gasteiger charge is 2.32. The van der Waals surface area contributed by atoms with Crippen LogP contribution in [0.25, 0.3) is 0 Å². The van der Waals surface area contributed by atoms with Crippen molar-refractivity contribution in [3.8, 4) is 0 Å². The Kier molecular flexibility index (Phi) is 9.16. The SMILES string of the molecule is CC1CN(C(C)(C)CN=C(N)NCCc2ccccc2)CC(C)O1.I. The van der Waals surface area contributed by atoms with Crippen molar-refractivity contribution in [1.29, 1.82) is 0 Å². The highest BCUT2D eigenvalue weighted by atomic mass is 127. The molecule has 0 radical (unpaired) electrons. The van der Waals surface area contributed by atoms with Crippen LogP contribution >= 0.6 is 24.0 Å². The molecule has 25 heavy (non-hydrogen) atoms. The number of ether oxygens (including phenoxy) is 1. The van der Waals surface area contributed by atoms with Gasteiger partial charge in [-0.2, -0.15) is 0 Å². The highest BCUT2D eigenvalue weighted by Crippen LogP contribution is 2.21. The lowest BCUT2D eigenvalue weighted by Gasteiger charge is -2.44. The van der Waals surface area contributed by atoms with Gasteiger partial charge in [0.25, 0.3) is 0 Å². The molecular weight excluding hydrogens is 427 g/mol. The van der Waals surface area contributed by atoms with E-state index in [9.17, 15) is 0 Å². The van der Waals surface area contributed by atoms with Crippen LogP contribution < -0.4 is 11.1 Å². The van der Waals surface area contributed by atoms with Gasteiger partial charge < -0.3 is 15.8 Å². The number of aliphatic imine (C=N–C) groups is 1. The Morgan fingerprint density at radius 3 is 2.44 bits per heavy atom. The molecule has 2 unspecified atom stereocenters. The first-order valence-corrected chi connectivity index (χ1v) is 8.85. The van der Waals surface area contributed by atoms with Crippen LogP contribution in [0.1, 0.15) is 33.3 Å². The largest absolute Gasteiger partial charge is 0.373 e. The summed E-state index contributed by atoms with van der Waals surface area (Å²) in [4.78, 5) is 7.00. The van der Waals surface area contributed by atoms with Gasteiger partial charge in [-0.05, 0) is 39.7 Å². The molecule has 1 saturated heterocycles. The average molecular weight is 460 g/mol. The third-order valence-electron chi connectivity index (χ3n) is 4.47. The number of halogens is 1. The Morgan fingerprint density at radius 1 is 1.24 bits per heavy atom. The van der Waals surface area contributed by atoms with Gasteiger partial charge in [-0.1, -0.05) is 30.3 Å². The third kappa shape index (κ3) is 7.50. The van der Waals surface area contributed by atoms with E-state index in [0.29, 0.717) is 12.5 Å². The zero-order chi connectivity index (χ0) is 17.6. The molecule has 6 heteroatoms. The van der Waals surface area contributed by atoms with Gasteiger partial charge in [0.15, 0.2) is 5.96 Å². The summed E-state index contributed by atoms with van der Waals surface area (Å²) in [6.07, 6.45) is 1.47. The zero-order valence-corrected chi connectivity index (χ0v) is 18.2. The smallest absolute Gasteiger partial charge is 0.188 e. The van der Waals surface area contributed by atoms with Crippen LogP contribution in [0.15, 0.2) is 35.3 Å². The van der Waals surface area contributed by atoms with Crippen molar-refractivity contribution in [2.75, 3.05) is 26.2 Å². The van der Waals surface area contributed by atoms with Gasteiger partial charge in [0.1, 0.15) is 0 Å². The number of hydrogen-bond donors (Lipinski definition) is 2. The van der Waals surface area contributed by atoms with Crippen LogP contribution in [-0.4, -0.2) is 54.8 Å². The van der Waals surface area contributed by atoms with Crippen LogP contribution in [0.2, 0.25) is 0 Å². The number of benzene rings is 1. The lowest BCUT2D eigenvalue weighted by molar-refractivity contribution is -0.0939. The van der Waals surface area contributed by atoms with Crippen LogP contribution in [0.3, 0.4) is 0 Å².